The minimum Gasteiger partial charge on any atom is -0.321 e. The number of anilines is 1. The SMILES string of the molecule is Cc1ccc(F)c(C(=O)Nc2cc(Br)ccc2C#N)c1F. The Morgan fingerprint density at radius 3 is 2.67 bits per heavy atom. The van der Waals surface area contributed by atoms with Gasteiger partial charge in [0.25, 0.3) is 5.91 Å². The Balaban J connectivity index is 2.42. The van der Waals surface area contributed by atoms with Gasteiger partial charge in [0.05, 0.1) is 11.3 Å². The van der Waals surface area contributed by atoms with Gasteiger partial charge in [0.1, 0.15) is 23.3 Å². The minimum absolute atomic E-state index is 0.163. The average Bonchev–Trinajstić information content (AvgIpc) is 2.43. The largest absolute Gasteiger partial charge is 0.321 e. The van der Waals surface area contributed by atoms with Crippen molar-refractivity contribution in [3.8, 4) is 6.07 Å². The van der Waals surface area contributed by atoms with Gasteiger partial charge in [0.2, 0.25) is 0 Å². The van der Waals surface area contributed by atoms with Crippen molar-refractivity contribution < 1.29 is 13.6 Å². The molecule has 21 heavy (non-hydrogen) atoms. The van der Waals surface area contributed by atoms with Crippen molar-refractivity contribution in [1.29, 1.82) is 5.26 Å². The number of hydrogen-bond acceptors (Lipinski definition) is 2. The fourth-order valence-corrected chi connectivity index (χ4v) is 2.13. The van der Waals surface area contributed by atoms with Crippen molar-refractivity contribution in [3.05, 3.63) is 63.1 Å². The van der Waals surface area contributed by atoms with Crippen LogP contribution < -0.4 is 5.32 Å². The zero-order valence-corrected chi connectivity index (χ0v) is 12.5. The Labute approximate surface area is 128 Å². The number of aryl methyl sites for hydroxylation is 1. The smallest absolute Gasteiger partial charge is 0.261 e. The third-order valence-electron chi connectivity index (χ3n) is 2.86. The highest BCUT2D eigenvalue weighted by Crippen LogP contribution is 2.23. The molecule has 2 aromatic carbocycles. The highest BCUT2D eigenvalue weighted by Gasteiger charge is 2.20. The maximum Gasteiger partial charge on any atom is 0.261 e. The van der Waals surface area contributed by atoms with E-state index >= 15 is 0 Å². The Morgan fingerprint density at radius 1 is 1.29 bits per heavy atom. The molecule has 2 rings (SSSR count). The average molecular weight is 351 g/mol. The van der Waals surface area contributed by atoms with Crippen molar-refractivity contribution in [2.75, 3.05) is 5.32 Å². The van der Waals surface area contributed by atoms with E-state index < -0.39 is 23.1 Å². The molecule has 0 saturated heterocycles. The Morgan fingerprint density at radius 2 is 2.00 bits per heavy atom. The van der Waals surface area contributed by atoms with Crippen LogP contribution in [-0.2, 0) is 0 Å². The van der Waals surface area contributed by atoms with Crippen molar-refractivity contribution in [3.63, 3.8) is 0 Å². The number of benzene rings is 2. The van der Waals surface area contributed by atoms with E-state index in [1.807, 2.05) is 6.07 Å². The van der Waals surface area contributed by atoms with E-state index in [1.54, 1.807) is 6.07 Å². The number of carbonyl (C=O) groups excluding carboxylic acids is 1. The molecule has 2 aromatic rings. The van der Waals surface area contributed by atoms with Crippen LogP contribution in [0, 0.1) is 29.9 Å². The van der Waals surface area contributed by atoms with Crippen LogP contribution in [-0.4, -0.2) is 5.91 Å². The van der Waals surface area contributed by atoms with Gasteiger partial charge in [-0.2, -0.15) is 5.26 Å². The summed E-state index contributed by atoms with van der Waals surface area (Å²) in [5, 5.41) is 11.3. The van der Waals surface area contributed by atoms with E-state index in [1.165, 1.54) is 25.1 Å². The molecule has 1 N–H and O–H groups in total. The van der Waals surface area contributed by atoms with Gasteiger partial charge in [-0.25, -0.2) is 8.78 Å². The molecule has 0 fully saturated rings. The summed E-state index contributed by atoms with van der Waals surface area (Å²) in [5.74, 6) is -2.81. The van der Waals surface area contributed by atoms with Crippen LogP contribution in [0.4, 0.5) is 14.5 Å². The Bertz CT molecular complexity index is 769. The first-order valence-corrected chi connectivity index (χ1v) is 6.69. The number of nitriles is 1. The predicted octanol–water partition coefficient (Wildman–Crippen LogP) is 4.16. The summed E-state index contributed by atoms with van der Waals surface area (Å²) in [6.45, 7) is 1.44. The second-order valence-electron chi connectivity index (χ2n) is 4.31. The zero-order chi connectivity index (χ0) is 15.6. The third-order valence-corrected chi connectivity index (χ3v) is 3.35. The summed E-state index contributed by atoms with van der Waals surface area (Å²) in [5.41, 5.74) is -0.132. The van der Waals surface area contributed by atoms with Gasteiger partial charge < -0.3 is 5.32 Å². The highest BCUT2D eigenvalue weighted by atomic mass is 79.9. The first-order chi connectivity index (χ1) is 9.93. The normalized spacial score (nSPS) is 10.0. The monoisotopic (exact) mass is 350 g/mol. The number of amides is 1. The van der Waals surface area contributed by atoms with E-state index in [9.17, 15) is 13.6 Å². The molecular formula is C15H9BrF2N2O. The molecule has 0 aromatic heterocycles. The molecular weight excluding hydrogens is 342 g/mol. The Hall–Kier alpha value is -2.26. The molecule has 0 aliphatic carbocycles. The fourth-order valence-electron chi connectivity index (χ4n) is 1.77. The van der Waals surface area contributed by atoms with Gasteiger partial charge in [-0.05, 0) is 36.8 Å². The van der Waals surface area contributed by atoms with Gasteiger partial charge in [0, 0.05) is 4.47 Å². The van der Waals surface area contributed by atoms with Crippen molar-refractivity contribution in [2.24, 2.45) is 0 Å². The molecule has 3 nitrogen and oxygen atoms in total. The van der Waals surface area contributed by atoms with E-state index in [4.69, 9.17) is 5.26 Å². The number of hydrogen-bond donors (Lipinski definition) is 1. The summed E-state index contributed by atoms with van der Waals surface area (Å²) in [7, 11) is 0. The summed E-state index contributed by atoms with van der Waals surface area (Å²) in [4.78, 5) is 12.1. The van der Waals surface area contributed by atoms with Crippen molar-refractivity contribution in [2.45, 2.75) is 6.92 Å². The fraction of sp³-hybridized carbons (Fsp3) is 0.0667. The lowest BCUT2D eigenvalue weighted by atomic mass is 10.1. The van der Waals surface area contributed by atoms with Crippen molar-refractivity contribution in [1.82, 2.24) is 0 Å². The number of halogens is 3. The molecule has 0 aliphatic heterocycles. The quantitative estimate of drug-likeness (QED) is 0.883. The van der Waals surface area contributed by atoms with Gasteiger partial charge in [-0.1, -0.05) is 22.0 Å². The van der Waals surface area contributed by atoms with Crippen LogP contribution in [0.25, 0.3) is 0 Å². The molecule has 106 valence electrons. The molecule has 0 bridgehead atoms. The van der Waals surface area contributed by atoms with E-state index in [0.29, 0.717) is 4.47 Å². The van der Waals surface area contributed by atoms with Crippen LogP contribution in [0.5, 0.6) is 0 Å². The summed E-state index contributed by atoms with van der Waals surface area (Å²) in [6, 6.07) is 8.78. The lowest BCUT2D eigenvalue weighted by Gasteiger charge is -2.10. The van der Waals surface area contributed by atoms with Crippen molar-refractivity contribution >= 4 is 27.5 Å². The van der Waals surface area contributed by atoms with Gasteiger partial charge in [-0.3, -0.25) is 4.79 Å². The Kier molecular flexibility index (Phi) is 4.34. The van der Waals surface area contributed by atoms with Crippen LogP contribution in [0.15, 0.2) is 34.8 Å². The van der Waals surface area contributed by atoms with Crippen LogP contribution in [0.3, 0.4) is 0 Å². The lowest BCUT2D eigenvalue weighted by molar-refractivity contribution is 0.101. The summed E-state index contributed by atoms with van der Waals surface area (Å²) < 4.78 is 28.2. The second-order valence-corrected chi connectivity index (χ2v) is 5.22. The molecule has 0 spiro atoms. The van der Waals surface area contributed by atoms with Gasteiger partial charge in [-0.15, -0.1) is 0 Å². The maximum absolute atomic E-state index is 13.9. The van der Waals surface area contributed by atoms with E-state index in [0.717, 1.165) is 6.07 Å². The van der Waals surface area contributed by atoms with E-state index in [2.05, 4.69) is 21.2 Å². The topological polar surface area (TPSA) is 52.9 Å². The molecule has 0 atom stereocenters. The molecule has 6 heteroatoms. The first-order valence-electron chi connectivity index (χ1n) is 5.89. The first kappa shape index (κ1) is 15.1. The predicted molar refractivity (Wildman–Crippen MR) is 77.9 cm³/mol. The molecule has 0 radical (unpaired) electrons. The maximum atomic E-state index is 13.9. The molecule has 1 amide bonds. The molecule has 0 unspecified atom stereocenters. The molecule has 0 heterocycles. The lowest BCUT2D eigenvalue weighted by Crippen LogP contribution is -2.17. The zero-order valence-electron chi connectivity index (χ0n) is 10.9. The van der Waals surface area contributed by atoms with Crippen LogP contribution in [0.2, 0.25) is 0 Å². The third kappa shape index (κ3) is 3.09. The van der Waals surface area contributed by atoms with Gasteiger partial charge >= 0.3 is 0 Å². The number of rotatable bonds is 2. The molecule has 0 aliphatic rings. The second kappa shape index (κ2) is 6.02. The highest BCUT2D eigenvalue weighted by molar-refractivity contribution is 9.10. The van der Waals surface area contributed by atoms with E-state index in [-0.39, 0.29) is 16.8 Å². The molecule has 0 saturated carbocycles. The van der Waals surface area contributed by atoms with Crippen LogP contribution in [0.1, 0.15) is 21.5 Å². The summed E-state index contributed by atoms with van der Waals surface area (Å²) >= 11 is 3.20. The number of nitrogens with one attached hydrogen (secondary N) is 1. The minimum atomic E-state index is -0.955. The van der Waals surface area contributed by atoms with Gasteiger partial charge in [0.15, 0.2) is 0 Å². The van der Waals surface area contributed by atoms with Crippen LogP contribution >= 0.6 is 15.9 Å². The number of nitrogens with zero attached hydrogens (tertiary/aromatic N) is 1. The summed E-state index contributed by atoms with van der Waals surface area (Å²) in [6.07, 6.45) is 0. The number of carbonyl (C=O) groups is 1. The standard InChI is InChI=1S/C15H9BrF2N2O/c1-8-2-5-11(17)13(14(8)18)15(21)20-12-6-10(16)4-3-9(12)7-19/h2-6H,1H3,(H,20,21).